The fourth-order valence-electron chi connectivity index (χ4n) is 2.95. The molecule has 0 radical (unpaired) electrons. The van der Waals surface area contributed by atoms with Gasteiger partial charge in [0.15, 0.2) is 0 Å². The predicted octanol–water partition coefficient (Wildman–Crippen LogP) is 3.74. The molecule has 3 aromatic rings. The van der Waals surface area contributed by atoms with Gasteiger partial charge in [0.1, 0.15) is 21.5 Å². The molecule has 1 aromatic carbocycles. The maximum atomic E-state index is 13.1. The van der Waals surface area contributed by atoms with Crippen LogP contribution in [-0.4, -0.2) is 42.2 Å². The number of pyridine rings is 1. The van der Waals surface area contributed by atoms with Gasteiger partial charge >= 0.3 is 0 Å². The van der Waals surface area contributed by atoms with E-state index in [9.17, 15) is 9.18 Å². The van der Waals surface area contributed by atoms with E-state index in [0.29, 0.717) is 34.5 Å². The van der Waals surface area contributed by atoms with Gasteiger partial charge in [-0.3, -0.25) is 4.79 Å². The molecular formula is C20H19FN4O2S. The molecule has 2 aromatic heterocycles. The molecule has 1 aliphatic rings. The van der Waals surface area contributed by atoms with Crippen LogP contribution in [-0.2, 0) is 4.74 Å². The van der Waals surface area contributed by atoms with Crippen molar-refractivity contribution in [3.63, 3.8) is 0 Å². The number of carbonyl (C=O) groups is 1. The number of nitrogens with one attached hydrogen (secondary N) is 1. The Morgan fingerprint density at radius 2 is 1.93 bits per heavy atom. The largest absolute Gasteiger partial charge is 0.378 e. The second kappa shape index (κ2) is 8.04. The minimum absolute atomic E-state index is 0.232. The van der Waals surface area contributed by atoms with E-state index < -0.39 is 0 Å². The molecule has 0 aliphatic carbocycles. The first-order valence-electron chi connectivity index (χ1n) is 8.93. The van der Waals surface area contributed by atoms with E-state index in [2.05, 4.69) is 20.2 Å². The molecule has 0 atom stereocenters. The molecule has 28 heavy (non-hydrogen) atoms. The van der Waals surface area contributed by atoms with E-state index >= 15 is 0 Å². The van der Waals surface area contributed by atoms with Gasteiger partial charge in [0.25, 0.3) is 5.91 Å². The van der Waals surface area contributed by atoms with Crippen molar-refractivity contribution in [1.82, 2.24) is 9.97 Å². The highest BCUT2D eigenvalue weighted by Crippen LogP contribution is 2.28. The van der Waals surface area contributed by atoms with Gasteiger partial charge in [0, 0.05) is 18.7 Å². The molecule has 1 amide bonds. The number of benzene rings is 1. The Morgan fingerprint density at radius 1 is 1.18 bits per heavy atom. The average molecular weight is 398 g/mol. The summed E-state index contributed by atoms with van der Waals surface area (Å²) in [6.07, 6.45) is 1.65. The summed E-state index contributed by atoms with van der Waals surface area (Å²) in [5, 5.41) is 3.55. The number of morpholine rings is 1. The third kappa shape index (κ3) is 4.02. The van der Waals surface area contributed by atoms with Crippen LogP contribution >= 0.6 is 11.3 Å². The van der Waals surface area contributed by atoms with Gasteiger partial charge < -0.3 is 15.0 Å². The van der Waals surface area contributed by atoms with Crippen molar-refractivity contribution in [3.8, 4) is 10.6 Å². The van der Waals surface area contributed by atoms with Crippen LogP contribution in [0.1, 0.15) is 15.4 Å². The Kier molecular flexibility index (Phi) is 5.31. The second-order valence-electron chi connectivity index (χ2n) is 6.40. The molecule has 1 saturated heterocycles. The molecule has 1 aliphatic heterocycles. The summed E-state index contributed by atoms with van der Waals surface area (Å²) in [6, 6.07) is 9.81. The molecule has 144 valence electrons. The number of nitrogens with zero attached hydrogens (tertiary/aromatic N) is 3. The lowest BCUT2D eigenvalue weighted by molar-refractivity contribution is 0.102. The van der Waals surface area contributed by atoms with Crippen molar-refractivity contribution >= 4 is 28.7 Å². The molecule has 8 heteroatoms. The quantitative estimate of drug-likeness (QED) is 0.725. The first-order valence-corrected chi connectivity index (χ1v) is 9.75. The van der Waals surface area contributed by atoms with Gasteiger partial charge in [-0.05, 0) is 43.3 Å². The number of hydrogen-bond donors (Lipinski definition) is 1. The minimum Gasteiger partial charge on any atom is -0.378 e. The van der Waals surface area contributed by atoms with Gasteiger partial charge in [-0.2, -0.15) is 0 Å². The number of anilines is 2. The van der Waals surface area contributed by atoms with Crippen LogP contribution < -0.4 is 10.2 Å². The standard InChI is InChI=1S/C20H19FN4O2S/c1-13-18(28-20(23-13)14-2-4-15(21)5-3-14)19(26)24-16-6-7-17(22-12-16)25-8-10-27-11-9-25/h2-7,12H,8-11H2,1H3,(H,24,26). The van der Waals surface area contributed by atoms with Crippen molar-refractivity contribution < 1.29 is 13.9 Å². The molecular weight excluding hydrogens is 379 g/mol. The molecule has 3 heterocycles. The highest BCUT2D eigenvalue weighted by atomic mass is 32.1. The number of carbonyl (C=O) groups excluding carboxylic acids is 1. The van der Waals surface area contributed by atoms with Crippen LogP contribution in [0.25, 0.3) is 10.6 Å². The summed E-state index contributed by atoms with van der Waals surface area (Å²) in [4.78, 5) is 24.2. The highest BCUT2D eigenvalue weighted by molar-refractivity contribution is 7.17. The van der Waals surface area contributed by atoms with Gasteiger partial charge in [0.05, 0.1) is 30.8 Å². The van der Waals surface area contributed by atoms with Crippen LogP contribution in [0.15, 0.2) is 42.6 Å². The van der Waals surface area contributed by atoms with Crippen molar-refractivity contribution in [2.75, 3.05) is 36.5 Å². The average Bonchev–Trinajstić information content (AvgIpc) is 3.11. The molecule has 1 N–H and O–H groups in total. The Morgan fingerprint density at radius 3 is 2.61 bits per heavy atom. The number of halogens is 1. The van der Waals surface area contributed by atoms with Crippen LogP contribution in [0.5, 0.6) is 0 Å². The summed E-state index contributed by atoms with van der Waals surface area (Å²) in [7, 11) is 0. The molecule has 0 spiro atoms. The maximum Gasteiger partial charge on any atom is 0.267 e. The van der Waals surface area contributed by atoms with E-state index in [1.54, 1.807) is 25.3 Å². The zero-order valence-electron chi connectivity index (χ0n) is 15.3. The first kappa shape index (κ1) is 18.5. The summed E-state index contributed by atoms with van der Waals surface area (Å²) in [5.74, 6) is 0.334. The SMILES string of the molecule is Cc1nc(-c2ccc(F)cc2)sc1C(=O)Nc1ccc(N2CCOCC2)nc1. The minimum atomic E-state index is -0.303. The summed E-state index contributed by atoms with van der Waals surface area (Å²) >= 11 is 1.28. The normalized spacial score (nSPS) is 14.1. The fraction of sp³-hybridized carbons (Fsp3) is 0.250. The Bertz CT molecular complexity index is 967. The zero-order valence-corrected chi connectivity index (χ0v) is 16.1. The lowest BCUT2D eigenvalue weighted by Gasteiger charge is -2.27. The van der Waals surface area contributed by atoms with E-state index in [0.717, 1.165) is 24.5 Å². The number of aromatic nitrogens is 2. The van der Waals surface area contributed by atoms with Crippen molar-refractivity contribution in [2.45, 2.75) is 6.92 Å². The predicted molar refractivity (Wildman–Crippen MR) is 107 cm³/mol. The number of rotatable bonds is 4. The van der Waals surface area contributed by atoms with Gasteiger partial charge in [-0.25, -0.2) is 14.4 Å². The van der Waals surface area contributed by atoms with E-state index in [-0.39, 0.29) is 11.7 Å². The van der Waals surface area contributed by atoms with Crippen LogP contribution in [0.2, 0.25) is 0 Å². The van der Waals surface area contributed by atoms with Crippen molar-refractivity contribution in [3.05, 3.63) is 59.0 Å². The highest BCUT2D eigenvalue weighted by Gasteiger charge is 2.17. The third-order valence-electron chi connectivity index (χ3n) is 4.43. The summed E-state index contributed by atoms with van der Waals surface area (Å²) in [6.45, 7) is 4.80. The Hall–Kier alpha value is -2.84. The second-order valence-corrected chi connectivity index (χ2v) is 7.40. The number of aryl methyl sites for hydroxylation is 1. The van der Waals surface area contributed by atoms with E-state index in [4.69, 9.17) is 4.74 Å². The topological polar surface area (TPSA) is 67.4 Å². The number of ether oxygens (including phenoxy) is 1. The fourth-order valence-corrected chi connectivity index (χ4v) is 3.92. The van der Waals surface area contributed by atoms with Crippen LogP contribution in [0.3, 0.4) is 0 Å². The first-order chi connectivity index (χ1) is 13.6. The Labute approximate surface area is 166 Å². The summed E-state index contributed by atoms with van der Waals surface area (Å²) in [5.41, 5.74) is 2.04. The lowest BCUT2D eigenvalue weighted by Crippen LogP contribution is -2.36. The Balaban J connectivity index is 1.47. The number of thiazole rings is 1. The molecule has 4 rings (SSSR count). The molecule has 0 saturated carbocycles. The smallest absolute Gasteiger partial charge is 0.267 e. The van der Waals surface area contributed by atoms with Crippen LogP contribution in [0.4, 0.5) is 15.9 Å². The summed E-state index contributed by atoms with van der Waals surface area (Å²) < 4.78 is 18.5. The molecule has 0 bridgehead atoms. The van der Waals surface area contributed by atoms with E-state index in [1.165, 1.54) is 23.5 Å². The van der Waals surface area contributed by atoms with Crippen molar-refractivity contribution in [1.29, 1.82) is 0 Å². The zero-order chi connectivity index (χ0) is 19.5. The monoisotopic (exact) mass is 398 g/mol. The third-order valence-corrected chi connectivity index (χ3v) is 5.64. The van der Waals surface area contributed by atoms with Gasteiger partial charge in [-0.1, -0.05) is 0 Å². The molecule has 6 nitrogen and oxygen atoms in total. The van der Waals surface area contributed by atoms with Crippen LogP contribution in [0, 0.1) is 12.7 Å². The van der Waals surface area contributed by atoms with Gasteiger partial charge in [-0.15, -0.1) is 11.3 Å². The number of hydrogen-bond acceptors (Lipinski definition) is 6. The van der Waals surface area contributed by atoms with Gasteiger partial charge in [0.2, 0.25) is 0 Å². The molecule has 0 unspecified atom stereocenters. The lowest BCUT2D eigenvalue weighted by atomic mass is 10.2. The van der Waals surface area contributed by atoms with Crippen molar-refractivity contribution in [2.24, 2.45) is 0 Å². The molecule has 1 fully saturated rings. The maximum absolute atomic E-state index is 13.1. The van der Waals surface area contributed by atoms with E-state index in [1.807, 2.05) is 12.1 Å². The number of amides is 1.